The lowest BCUT2D eigenvalue weighted by Crippen LogP contribution is -1.97. The molecule has 0 saturated carbocycles. The van der Waals surface area contributed by atoms with Crippen LogP contribution < -0.4 is 0 Å². The summed E-state index contributed by atoms with van der Waals surface area (Å²) in [4.78, 5) is 0. The second-order valence-corrected chi connectivity index (χ2v) is 3.63. The molecule has 0 aliphatic heterocycles. The molecule has 0 fully saturated rings. The van der Waals surface area contributed by atoms with E-state index in [1.165, 1.54) is 32.1 Å². The van der Waals surface area contributed by atoms with Crippen molar-refractivity contribution in [2.75, 3.05) is 0 Å². The monoisotopic (exact) mass is 138 g/mol. The Morgan fingerprint density at radius 2 is 2.20 bits per heavy atom. The van der Waals surface area contributed by atoms with E-state index >= 15 is 0 Å². The van der Waals surface area contributed by atoms with Crippen LogP contribution in [-0.2, 0) is 0 Å². The van der Waals surface area contributed by atoms with Crippen LogP contribution in [0.5, 0.6) is 0 Å². The van der Waals surface area contributed by atoms with Gasteiger partial charge in [0.05, 0.1) is 0 Å². The predicted octanol–water partition coefficient (Wildman–Crippen LogP) is 3.53. The number of hydrogen-bond donors (Lipinski definition) is 0. The minimum atomic E-state index is 0.962. The third kappa shape index (κ3) is 2.55. The van der Waals surface area contributed by atoms with Crippen LogP contribution in [-0.4, -0.2) is 0 Å². The molecule has 0 aromatic carbocycles. The predicted molar refractivity (Wildman–Crippen MR) is 46.0 cm³/mol. The Labute approximate surface area is 64.3 Å². The third-order valence-electron chi connectivity index (χ3n) is 2.43. The van der Waals surface area contributed by atoms with E-state index in [0.717, 1.165) is 5.92 Å². The highest BCUT2D eigenvalue weighted by molar-refractivity contribution is 4.98. The molecule has 10 heavy (non-hydrogen) atoms. The van der Waals surface area contributed by atoms with Crippen LogP contribution in [0.2, 0.25) is 0 Å². The quantitative estimate of drug-likeness (QED) is 0.449. The fourth-order valence-corrected chi connectivity index (χ4v) is 1.54. The van der Waals surface area contributed by atoms with Crippen molar-refractivity contribution in [2.45, 2.75) is 46.0 Å². The van der Waals surface area contributed by atoms with Gasteiger partial charge in [0.2, 0.25) is 0 Å². The van der Waals surface area contributed by atoms with Gasteiger partial charge in [-0.05, 0) is 38.5 Å². The molecule has 0 spiro atoms. The van der Waals surface area contributed by atoms with E-state index in [9.17, 15) is 0 Å². The Balaban J connectivity index is 2.39. The highest BCUT2D eigenvalue weighted by Gasteiger charge is 2.04. The summed E-state index contributed by atoms with van der Waals surface area (Å²) >= 11 is 0. The molecule has 0 radical (unpaired) electrons. The van der Waals surface area contributed by atoms with Crippen molar-refractivity contribution >= 4 is 0 Å². The lowest BCUT2D eigenvalue weighted by atomic mass is 9.93. The van der Waals surface area contributed by atoms with Gasteiger partial charge in [0.15, 0.2) is 0 Å². The molecule has 0 amide bonds. The first-order valence-electron chi connectivity index (χ1n) is 4.44. The van der Waals surface area contributed by atoms with Gasteiger partial charge in [0.25, 0.3) is 0 Å². The minimum absolute atomic E-state index is 0.962. The van der Waals surface area contributed by atoms with Crippen LogP contribution in [0.4, 0.5) is 0 Å². The van der Waals surface area contributed by atoms with E-state index in [1.807, 2.05) is 0 Å². The second kappa shape index (κ2) is 3.80. The molecule has 0 N–H and O–H groups in total. The van der Waals surface area contributed by atoms with Gasteiger partial charge in [-0.1, -0.05) is 25.0 Å². The first kappa shape index (κ1) is 7.84. The molecule has 1 aliphatic rings. The Morgan fingerprint density at radius 1 is 1.40 bits per heavy atom. The summed E-state index contributed by atoms with van der Waals surface area (Å²) in [6.07, 6.45) is 9.30. The SMILES string of the molecule is C/C1=C/CCCC(C)CC1. The normalized spacial score (nSPS) is 33.8. The lowest BCUT2D eigenvalue weighted by Gasteiger charge is -2.13. The number of rotatable bonds is 0. The fourth-order valence-electron chi connectivity index (χ4n) is 1.54. The minimum Gasteiger partial charge on any atom is -0.0856 e. The Morgan fingerprint density at radius 3 is 3.00 bits per heavy atom. The van der Waals surface area contributed by atoms with Crippen LogP contribution in [0.15, 0.2) is 11.6 Å². The molecular weight excluding hydrogens is 120 g/mol. The van der Waals surface area contributed by atoms with E-state index in [-0.39, 0.29) is 0 Å². The summed E-state index contributed by atoms with van der Waals surface area (Å²) in [5.74, 6) is 0.962. The van der Waals surface area contributed by atoms with Crippen molar-refractivity contribution in [3.05, 3.63) is 11.6 Å². The lowest BCUT2D eigenvalue weighted by molar-refractivity contribution is 0.467. The summed E-state index contributed by atoms with van der Waals surface area (Å²) in [7, 11) is 0. The Kier molecular flexibility index (Phi) is 2.98. The first-order valence-corrected chi connectivity index (χ1v) is 4.44. The smallest absolute Gasteiger partial charge is 0.0321 e. The van der Waals surface area contributed by atoms with Crippen LogP contribution in [0.25, 0.3) is 0 Å². The molecule has 1 rings (SSSR count). The molecule has 0 heteroatoms. The van der Waals surface area contributed by atoms with Crippen LogP contribution in [0.1, 0.15) is 46.0 Å². The van der Waals surface area contributed by atoms with Gasteiger partial charge in [-0.25, -0.2) is 0 Å². The van der Waals surface area contributed by atoms with Crippen molar-refractivity contribution in [3.8, 4) is 0 Å². The van der Waals surface area contributed by atoms with E-state index in [4.69, 9.17) is 0 Å². The van der Waals surface area contributed by atoms with Crippen LogP contribution >= 0.6 is 0 Å². The molecule has 0 heterocycles. The summed E-state index contributed by atoms with van der Waals surface area (Å²) in [6, 6.07) is 0. The molecule has 1 unspecified atom stereocenters. The average Bonchev–Trinajstić information content (AvgIpc) is 1.90. The third-order valence-corrected chi connectivity index (χ3v) is 2.43. The Bertz CT molecular complexity index is 122. The van der Waals surface area contributed by atoms with Gasteiger partial charge >= 0.3 is 0 Å². The van der Waals surface area contributed by atoms with Crippen molar-refractivity contribution < 1.29 is 0 Å². The van der Waals surface area contributed by atoms with Gasteiger partial charge < -0.3 is 0 Å². The van der Waals surface area contributed by atoms with E-state index in [1.54, 1.807) is 5.57 Å². The average molecular weight is 138 g/mol. The maximum Gasteiger partial charge on any atom is -0.0321 e. The largest absolute Gasteiger partial charge is 0.0856 e. The topological polar surface area (TPSA) is 0 Å². The highest BCUT2D eigenvalue weighted by atomic mass is 14.1. The van der Waals surface area contributed by atoms with E-state index in [0.29, 0.717) is 0 Å². The fraction of sp³-hybridized carbons (Fsp3) is 0.800. The zero-order chi connectivity index (χ0) is 7.40. The van der Waals surface area contributed by atoms with Crippen molar-refractivity contribution in [2.24, 2.45) is 5.92 Å². The maximum atomic E-state index is 2.41. The zero-order valence-corrected chi connectivity index (χ0v) is 7.19. The molecule has 0 aromatic heterocycles. The molecule has 0 nitrogen and oxygen atoms in total. The molecule has 0 saturated heterocycles. The first-order chi connectivity index (χ1) is 4.79. The number of allylic oxidation sites excluding steroid dienone is 2. The van der Waals surface area contributed by atoms with Gasteiger partial charge in [-0.3, -0.25) is 0 Å². The molecular formula is C10H18. The molecule has 1 atom stereocenters. The molecule has 58 valence electrons. The van der Waals surface area contributed by atoms with Gasteiger partial charge in [-0.15, -0.1) is 0 Å². The highest BCUT2D eigenvalue weighted by Crippen LogP contribution is 2.21. The number of hydrogen-bond acceptors (Lipinski definition) is 0. The van der Waals surface area contributed by atoms with Gasteiger partial charge in [0, 0.05) is 0 Å². The van der Waals surface area contributed by atoms with E-state index in [2.05, 4.69) is 19.9 Å². The standard InChI is InChI=1S/C10H18/c1-9-5-3-4-6-10(2)8-7-9/h5,10H,3-4,6-8H2,1-2H3/b9-5-. The summed E-state index contributed by atoms with van der Waals surface area (Å²) < 4.78 is 0. The second-order valence-electron chi connectivity index (χ2n) is 3.63. The Hall–Kier alpha value is -0.260. The van der Waals surface area contributed by atoms with Crippen LogP contribution in [0, 0.1) is 5.92 Å². The van der Waals surface area contributed by atoms with Crippen molar-refractivity contribution in [1.82, 2.24) is 0 Å². The summed E-state index contributed by atoms with van der Waals surface area (Å²) in [5.41, 5.74) is 1.60. The van der Waals surface area contributed by atoms with E-state index < -0.39 is 0 Å². The van der Waals surface area contributed by atoms with Gasteiger partial charge in [-0.2, -0.15) is 0 Å². The molecule has 0 bridgehead atoms. The maximum absolute atomic E-state index is 2.41. The van der Waals surface area contributed by atoms with Crippen LogP contribution in [0.3, 0.4) is 0 Å². The summed E-state index contributed by atoms with van der Waals surface area (Å²) in [6.45, 7) is 4.64. The van der Waals surface area contributed by atoms with Crippen molar-refractivity contribution in [1.29, 1.82) is 0 Å². The van der Waals surface area contributed by atoms with Gasteiger partial charge in [0.1, 0.15) is 0 Å². The summed E-state index contributed by atoms with van der Waals surface area (Å²) in [5, 5.41) is 0. The molecule has 1 aliphatic carbocycles. The van der Waals surface area contributed by atoms with Crippen molar-refractivity contribution in [3.63, 3.8) is 0 Å². The molecule has 0 aromatic rings. The zero-order valence-electron chi connectivity index (χ0n) is 7.19.